The monoisotopic (exact) mass is 247 g/mol. The van der Waals surface area contributed by atoms with Crippen LogP contribution in [0, 0.1) is 0 Å². The Hall–Kier alpha value is -1.37. The summed E-state index contributed by atoms with van der Waals surface area (Å²) in [4.78, 5) is 14.4. The first-order chi connectivity index (χ1) is 7.86. The lowest BCUT2D eigenvalue weighted by Crippen LogP contribution is -2.35. The van der Waals surface area contributed by atoms with Crippen LogP contribution in [0.4, 0.5) is 13.2 Å². The van der Waals surface area contributed by atoms with Crippen molar-refractivity contribution in [2.24, 2.45) is 0 Å². The van der Waals surface area contributed by atoms with E-state index in [0.29, 0.717) is 6.54 Å². The maximum Gasteiger partial charge on any atom is 0.435 e. The molecule has 1 aromatic rings. The number of carbonyl (C=O) groups excluding carboxylic acids is 1. The van der Waals surface area contributed by atoms with Gasteiger partial charge in [0.15, 0.2) is 12.0 Å². The zero-order chi connectivity index (χ0) is 12.8. The number of aldehydes is 1. The second-order valence-corrected chi connectivity index (χ2v) is 4.17. The molecule has 2 rings (SSSR count). The predicted octanol–water partition coefficient (Wildman–Crippen LogP) is 1.94. The Morgan fingerprint density at radius 1 is 1.47 bits per heavy atom. The van der Waals surface area contributed by atoms with Crippen LogP contribution in [0.5, 0.6) is 0 Å². The van der Waals surface area contributed by atoms with E-state index < -0.39 is 11.9 Å². The fourth-order valence-corrected chi connectivity index (χ4v) is 2.08. The fourth-order valence-electron chi connectivity index (χ4n) is 2.08. The van der Waals surface area contributed by atoms with Crippen LogP contribution >= 0.6 is 0 Å². The summed E-state index contributed by atoms with van der Waals surface area (Å²) < 4.78 is 39.5. The third-order valence-electron chi connectivity index (χ3n) is 2.90. The van der Waals surface area contributed by atoms with E-state index in [4.69, 9.17) is 0 Å². The molecule has 17 heavy (non-hydrogen) atoms. The highest BCUT2D eigenvalue weighted by Gasteiger charge is 2.41. The Labute approximate surface area is 95.8 Å². The molecule has 0 amide bonds. The van der Waals surface area contributed by atoms with Crippen molar-refractivity contribution < 1.29 is 18.0 Å². The largest absolute Gasteiger partial charge is 0.435 e. The molecule has 0 bridgehead atoms. The number of hydrogen-bond donors (Lipinski definition) is 1. The molecule has 0 fully saturated rings. The molecule has 2 atom stereocenters. The van der Waals surface area contributed by atoms with Gasteiger partial charge in [-0.25, -0.2) is 4.98 Å². The molecule has 0 radical (unpaired) electrons. The number of rotatable bonds is 1. The van der Waals surface area contributed by atoms with Crippen molar-refractivity contribution in [3.05, 3.63) is 17.2 Å². The Morgan fingerprint density at radius 2 is 2.12 bits per heavy atom. The minimum Gasteiger partial charge on any atom is -0.320 e. The lowest BCUT2D eigenvalue weighted by molar-refractivity contribution is -0.141. The van der Waals surface area contributed by atoms with Crippen molar-refractivity contribution in [2.75, 3.05) is 6.54 Å². The molecule has 1 N–H and O–H groups in total. The maximum absolute atomic E-state index is 12.7. The van der Waals surface area contributed by atoms with E-state index in [9.17, 15) is 18.0 Å². The summed E-state index contributed by atoms with van der Waals surface area (Å²) in [6.07, 6.45) is -4.37. The van der Waals surface area contributed by atoms with Gasteiger partial charge in [-0.1, -0.05) is 0 Å². The summed E-state index contributed by atoms with van der Waals surface area (Å²) in [5.41, 5.74) is -1.47. The zero-order valence-corrected chi connectivity index (χ0v) is 9.38. The molecule has 0 aromatic carbocycles. The molecule has 0 aliphatic carbocycles. The van der Waals surface area contributed by atoms with Crippen LogP contribution in [0.3, 0.4) is 0 Å². The van der Waals surface area contributed by atoms with Gasteiger partial charge in [-0.2, -0.15) is 13.2 Å². The van der Waals surface area contributed by atoms with E-state index in [1.165, 1.54) is 4.57 Å². The van der Waals surface area contributed by atoms with Gasteiger partial charge in [0.25, 0.3) is 0 Å². The molecule has 7 heteroatoms. The first-order valence-corrected chi connectivity index (χ1v) is 5.24. The summed E-state index contributed by atoms with van der Waals surface area (Å²) in [7, 11) is 0. The highest BCUT2D eigenvalue weighted by molar-refractivity contribution is 5.75. The van der Waals surface area contributed by atoms with Gasteiger partial charge in [-0.3, -0.25) is 4.79 Å². The van der Waals surface area contributed by atoms with Gasteiger partial charge in [0.05, 0.1) is 6.04 Å². The topological polar surface area (TPSA) is 46.9 Å². The van der Waals surface area contributed by atoms with E-state index >= 15 is 0 Å². The number of nitrogens with one attached hydrogen (secondary N) is 1. The van der Waals surface area contributed by atoms with Gasteiger partial charge in [0.1, 0.15) is 11.5 Å². The molecule has 94 valence electrons. The molecule has 0 saturated carbocycles. The molecule has 1 aliphatic heterocycles. The van der Waals surface area contributed by atoms with E-state index in [1.807, 2.05) is 0 Å². The van der Waals surface area contributed by atoms with Gasteiger partial charge in [0, 0.05) is 12.6 Å². The number of imidazole rings is 1. The maximum atomic E-state index is 12.7. The molecular formula is C10H12F3N3O. The predicted molar refractivity (Wildman–Crippen MR) is 53.7 cm³/mol. The lowest BCUT2D eigenvalue weighted by atomic mass is 10.2. The smallest absolute Gasteiger partial charge is 0.320 e. The average molecular weight is 247 g/mol. The molecule has 1 aromatic heterocycles. The summed E-state index contributed by atoms with van der Waals surface area (Å²) in [5.74, 6) is 0.262. The minimum atomic E-state index is -4.60. The normalized spacial score (nSPS) is 24.5. The molecule has 1 aliphatic rings. The molecule has 0 unspecified atom stereocenters. The summed E-state index contributed by atoms with van der Waals surface area (Å²) >= 11 is 0. The number of carbonyl (C=O) groups is 1. The second kappa shape index (κ2) is 3.83. The van der Waals surface area contributed by atoms with Crippen LogP contribution in [0.25, 0.3) is 0 Å². The number of hydrogen-bond acceptors (Lipinski definition) is 3. The van der Waals surface area contributed by atoms with E-state index in [0.717, 1.165) is 0 Å². The van der Waals surface area contributed by atoms with Gasteiger partial charge < -0.3 is 9.88 Å². The van der Waals surface area contributed by atoms with Crippen LogP contribution in [0.15, 0.2) is 0 Å². The van der Waals surface area contributed by atoms with Crippen LogP contribution in [-0.2, 0) is 6.18 Å². The summed E-state index contributed by atoms with van der Waals surface area (Å²) in [5, 5.41) is 3.04. The number of halogens is 3. The van der Waals surface area contributed by atoms with Crippen molar-refractivity contribution >= 4 is 6.29 Å². The van der Waals surface area contributed by atoms with Crippen LogP contribution in [0.2, 0.25) is 0 Å². The number of alkyl halides is 3. The van der Waals surface area contributed by atoms with Crippen LogP contribution in [0.1, 0.15) is 47.9 Å². The Morgan fingerprint density at radius 3 is 2.65 bits per heavy atom. The lowest BCUT2D eigenvalue weighted by Gasteiger charge is -2.28. The first-order valence-electron chi connectivity index (χ1n) is 5.24. The van der Waals surface area contributed by atoms with Crippen LogP contribution in [-0.4, -0.2) is 22.4 Å². The van der Waals surface area contributed by atoms with E-state index in [-0.39, 0.29) is 29.9 Å². The Bertz CT molecular complexity index is 452. The fraction of sp³-hybridized carbons (Fsp3) is 0.600. The summed E-state index contributed by atoms with van der Waals surface area (Å²) in [6, 6.07) is -0.508. The molecule has 0 saturated heterocycles. The SMILES string of the molecule is C[C@@H]1NC[C@H](C)n2c1nc(C(F)(F)F)c2C=O. The third kappa shape index (κ3) is 1.84. The van der Waals surface area contributed by atoms with E-state index in [2.05, 4.69) is 10.3 Å². The van der Waals surface area contributed by atoms with Gasteiger partial charge in [0.2, 0.25) is 0 Å². The Balaban J connectivity index is 2.66. The van der Waals surface area contributed by atoms with Crippen molar-refractivity contribution in [2.45, 2.75) is 32.1 Å². The molecule has 4 nitrogen and oxygen atoms in total. The van der Waals surface area contributed by atoms with Gasteiger partial charge in [-0.05, 0) is 13.8 Å². The minimum absolute atomic E-state index is 0.218. The van der Waals surface area contributed by atoms with Gasteiger partial charge >= 0.3 is 6.18 Å². The van der Waals surface area contributed by atoms with Crippen LogP contribution < -0.4 is 5.32 Å². The highest BCUT2D eigenvalue weighted by Crippen LogP contribution is 2.35. The number of nitrogens with zero attached hydrogens (tertiary/aromatic N) is 2. The quantitative estimate of drug-likeness (QED) is 0.771. The number of aromatic nitrogens is 2. The van der Waals surface area contributed by atoms with Crippen molar-refractivity contribution in [1.29, 1.82) is 0 Å². The molecule has 2 heterocycles. The van der Waals surface area contributed by atoms with E-state index in [1.54, 1.807) is 13.8 Å². The Kier molecular flexibility index (Phi) is 2.73. The first kappa shape index (κ1) is 12.1. The number of fused-ring (bicyclic) bond motifs is 1. The highest BCUT2D eigenvalue weighted by atomic mass is 19.4. The zero-order valence-electron chi connectivity index (χ0n) is 9.38. The molecule has 0 spiro atoms. The standard InChI is InChI=1S/C10H12F3N3O/c1-5-3-14-6(2)9-15-8(10(11,12)13)7(4-17)16(5)9/h4-6,14H,3H2,1-2H3/t5-,6-/m0/s1. The molecular weight excluding hydrogens is 235 g/mol. The summed E-state index contributed by atoms with van der Waals surface area (Å²) in [6.45, 7) is 3.99. The van der Waals surface area contributed by atoms with Gasteiger partial charge in [-0.15, -0.1) is 0 Å². The second-order valence-electron chi connectivity index (χ2n) is 4.17. The third-order valence-corrected chi connectivity index (χ3v) is 2.90. The average Bonchev–Trinajstić information content (AvgIpc) is 2.63. The van der Waals surface area contributed by atoms with Crippen molar-refractivity contribution in [3.63, 3.8) is 0 Å². The van der Waals surface area contributed by atoms with Crippen molar-refractivity contribution in [3.8, 4) is 0 Å². The van der Waals surface area contributed by atoms with Crippen molar-refractivity contribution in [1.82, 2.24) is 14.9 Å².